The van der Waals surface area contributed by atoms with E-state index in [-0.39, 0.29) is 11.6 Å². The first kappa shape index (κ1) is 10.1. The predicted molar refractivity (Wildman–Crippen MR) is 53.9 cm³/mol. The molecule has 80 valence electrons. The SMILES string of the molecule is CCN(C(=O)c1cccc(F)n1)C1CC1. The van der Waals surface area contributed by atoms with E-state index in [1.54, 1.807) is 11.0 Å². The average molecular weight is 208 g/mol. The zero-order valence-electron chi connectivity index (χ0n) is 8.61. The Bertz CT molecular complexity index is 377. The maximum atomic E-state index is 12.8. The van der Waals surface area contributed by atoms with Gasteiger partial charge in [0.2, 0.25) is 5.95 Å². The number of pyridine rings is 1. The van der Waals surface area contributed by atoms with Crippen LogP contribution in [0, 0.1) is 5.95 Å². The van der Waals surface area contributed by atoms with Crippen molar-refractivity contribution in [3.05, 3.63) is 29.8 Å². The molecule has 2 rings (SSSR count). The first-order valence-corrected chi connectivity index (χ1v) is 5.16. The van der Waals surface area contributed by atoms with E-state index in [1.165, 1.54) is 12.1 Å². The summed E-state index contributed by atoms with van der Waals surface area (Å²) in [5.74, 6) is -0.771. The van der Waals surface area contributed by atoms with Gasteiger partial charge in [-0.05, 0) is 31.9 Å². The van der Waals surface area contributed by atoms with E-state index in [4.69, 9.17) is 0 Å². The summed E-state index contributed by atoms with van der Waals surface area (Å²) in [7, 11) is 0. The molecule has 0 radical (unpaired) electrons. The fraction of sp³-hybridized carbons (Fsp3) is 0.455. The molecule has 0 aliphatic heterocycles. The summed E-state index contributed by atoms with van der Waals surface area (Å²) in [6.07, 6.45) is 2.10. The smallest absolute Gasteiger partial charge is 0.272 e. The van der Waals surface area contributed by atoms with Crippen molar-refractivity contribution in [2.45, 2.75) is 25.8 Å². The number of hydrogen-bond acceptors (Lipinski definition) is 2. The Balaban J connectivity index is 2.18. The van der Waals surface area contributed by atoms with Gasteiger partial charge in [0.05, 0.1) is 0 Å². The van der Waals surface area contributed by atoms with Crippen LogP contribution in [0.3, 0.4) is 0 Å². The second kappa shape index (κ2) is 3.96. The molecule has 1 saturated carbocycles. The molecule has 0 atom stereocenters. The van der Waals surface area contributed by atoms with Gasteiger partial charge in [-0.15, -0.1) is 0 Å². The number of halogens is 1. The number of carbonyl (C=O) groups excluding carboxylic acids is 1. The Hall–Kier alpha value is -1.45. The molecule has 0 N–H and O–H groups in total. The van der Waals surface area contributed by atoms with Gasteiger partial charge in [-0.2, -0.15) is 4.39 Å². The maximum absolute atomic E-state index is 12.8. The highest BCUT2D eigenvalue weighted by Crippen LogP contribution is 2.27. The molecule has 1 heterocycles. The van der Waals surface area contributed by atoms with Gasteiger partial charge in [-0.1, -0.05) is 6.07 Å². The summed E-state index contributed by atoms with van der Waals surface area (Å²) in [6.45, 7) is 2.58. The third-order valence-electron chi connectivity index (χ3n) is 2.52. The monoisotopic (exact) mass is 208 g/mol. The van der Waals surface area contributed by atoms with E-state index in [0.29, 0.717) is 12.6 Å². The first-order valence-electron chi connectivity index (χ1n) is 5.16. The second-order valence-electron chi connectivity index (χ2n) is 3.67. The lowest BCUT2D eigenvalue weighted by Crippen LogP contribution is -2.33. The molecule has 0 unspecified atom stereocenters. The highest BCUT2D eigenvalue weighted by Gasteiger charge is 2.32. The van der Waals surface area contributed by atoms with Crippen LogP contribution < -0.4 is 0 Å². The van der Waals surface area contributed by atoms with E-state index < -0.39 is 5.95 Å². The molecule has 1 aliphatic carbocycles. The van der Waals surface area contributed by atoms with E-state index in [9.17, 15) is 9.18 Å². The fourth-order valence-electron chi connectivity index (χ4n) is 1.63. The molecule has 1 aliphatic rings. The number of nitrogens with zero attached hydrogens (tertiary/aromatic N) is 2. The van der Waals surface area contributed by atoms with Crippen LogP contribution in [0.25, 0.3) is 0 Å². The van der Waals surface area contributed by atoms with E-state index in [2.05, 4.69) is 4.98 Å². The summed E-state index contributed by atoms with van der Waals surface area (Å²) in [6, 6.07) is 4.64. The molecular weight excluding hydrogens is 195 g/mol. The number of hydrogen-bond donors (Lipinski definition) is 0. The summed E-state index contributed by atoms with van der Waals surface area (Å²) < 4.78 is 12.8. The normalized spacial score (nSPS) is 15.1. The Morgan fingerprint density at radius 3 is 2.87 bits per heavy atom. The molecule has 1 fully saturated rings. The van der Waals surface area contributed by atoms with Gasteiger partial charge >= 0.3 is 0 Å². The van der Waals surface area contributed by atoms with Gasteiger partial charge in [-0.3, -0.25) is 4.79 Å². The van der Waals surface area contributed by atoms with Crippen molar-refractivity contribution in [2.24, 2.45) is 0 Å². The molecule has 3 nitrogen and oxygen atoms in total. The number of carbonyl (C=O) groups is 1. The van der Waals surface area contributed by atoms with Crippen LogP contribution in [0.4, 0.5) is 4.39 Å². The molecule has 4 heteroatoms. The van der Waals surface area contributed by atoms with Gasteiger partial charge < -0.3 is 4.90 Å². The molecule has 0 bridgehead atoms. The molecule has 0 aromatic carbocycles. The summed E-state index contributed by atoms with van der Waals surface area (Å²) >= 11 is 0. The van der Waals surface area contributed by atoms with Crippen LogP contribution in [-0.2, 0) is 0 Å². The largest absolute Gasteiger partial charge is 0.335 e. The Morgan fingerprint density at radius 2 is 2.33 bits per heavy atom. The molecule has 15 heavy (non-hydrogen) atoms. The highest BCUT2D eigenvalue weighted by molar-refractivity contribution is 5.92. The van der Waals surface area contributed by atoms with Crippen molar-refractivity contribution in [1.29, 1.82) is 0 Å². The van der Waals surface area contributed by atoms with Crippen LogP contribution in [0.1, 0.15) is 30.3 Å². The van der Waals surface area contributed by atoms with E-state index in [0.717, 1.165) is 12.8 Å². The topological polar surface area (TPSA) is 33.2 Å². The van der Waals surface area contributed by atoms with Crippen molar-refractivity contribution in [2.75, 3.05) is 6.54 Å². The van der Waals surface area contributed by atoms with E-state index in [1.807, 2.05) is 6.92 Å². The molecule has 0 saturated heterocycles. The number of amides is 1. The zero-order chi connectivity index (χ0) is 10.8. The Labute approximate surface area is 87.9 Å². The van der Waals surface area contributed by atoms with Crippen LogP contribution in [0.2, 0.25) is 0 Å². The lowest BCUT2D eigenvalue weighted by molar-refractivity contribution is 0.0745. The summed E-state index contributed by atoms with van der Waals surface area (Å²) in [5, 5.41) is 0. The molecule has 0 spiro atoms. The van der Waals surface area contributed by atoms with Gasteiger partial charge in [0.15, 0.2) is 0 Å². The van der Waals surface area contributed by atoms with Crippen molar-refractivity contribution >= 4 is 5.91 Å². The molecular formula is C11H13FN2O. The molecule has 1 aromatic rings. The predicted octanol–water partition coefficient (Wildman–Crippen LogP) is 1.85. The summed E-state index contributed by atoms with van der Waals surface area (Å²) in [5.41, 5.74) is 0.198. The van der Waals surface area contributed by atoms with Crippen LogP contribution in [-0.4, -0.2) is 28.4 Å². The third-order valence-corrected chi connectivity index (χ3v) is 2.52. The van der Waals surface area contributed by atoms with Gasteiger partial charge in [0.25, 0.3) is 5.91 Å². The van der Waals surface area contributed by atoms with Gasteiger partial charge in [-0.25, -0.2) is 4.98 Å². The Morgan fingerprint density at radius 1 is 1.60 bits per heavy atom. The average Bonchev–Trinajstić information content (AvgIpc) is 3.03. The number of aromatic nitrogens is 1. The third kappa shape index (κ3) is 2.14. The van der Waals surface area contributed by atoms with Crippen LogP contribution >= 0.6 is 0 Å². The molecule has 1 aromatic heterocycles. The van der Waals surface area contributed by atoms with E-state index >= 15 is 0 Å². The van der Waals surface area contributed by atoms with Crippen molar-refractivity contribution < 1.29 is 9.18 Å². The fourth-order valence-corrected chi connectivity index (χ4v) is 1.63. The minimum atomic E-state index is -0.604. The lowest BCUT2D eigenvalue weighted by Gasteiger charge is -2.19. The van der Waals surface area contributed by atoms with Crippen molar-refractivity contribution in [3.8, 4) is 0 Å². The minimum Gasteiger partial charge on any atom is -0.335 e. The van der Waals surface area contributed by atoms with Gasteiger partial charge in [0, 0.05) is 12.6 Å². The quantitative estimate of drug-likeness (QED) is 0.710. The lowest BCUT2D eigenvalue weighted by atomic mass is 10.3. The zero-order valence-corrected chi connectivity index (χ0v) is 8.61. The Kier molecular flexibility index (Phi) is 2.66. The van der Waals surface area contributed by atoms with Gasteiger partial charge in [0.1, 0.15) is 5.69 Å². The summed E-state index contributed by atoms with van der Waals surface area (Å²) in [4.78, 5) is 17.3. The minimum absolute atomic E-state index is 0.167. The van der Waals surface area contributed by atoms with Crippen LogP contribution in [0.15, 0.2) is 18.2 Å². The van der Waals surface area contributed by atoms with Crippen molar-refractivity contribution in [1.82, 2.24) is 9.88 Å². The number of rotatable bonds is 3. The molecule has 1 amide bonds. The second-order valence-corrected chi connectivity index (χ2v) is 3.67. The van der Waals surface area contributed by atoms with Crippen LogP contribution in [0.5, 0.6) is 0 Å². The van der Waals surface area contributed by atoms with Crippen molar-refractivity contribution in [3.63, 3.8) is 0 Å². The maximum Gasteiger partial charge on any atom is 0.272 e. The first-order chi connectivity index (χ1) is 7.22. The highest BCUT2D eigenvalue weighted by atomic mass is 19.1. The standard InChI is InChI=1S/C11H13FN2O/c1-2-14(8-6-7-8)11(15)9-4-3-5-10(12)13-9/h3-5,8H,2,6-7H2,1H3.